The summed E-state index contributed by atoms with van der Waals surface area (Å²) in [6.45, 7) is 8.32. The van der Waals surface area contributed by atoms with E-state index in [0.29, 0.717) is 54.6 Å². The van der Waals surface area contributed by atoms with Gasteiger partial charge in [-0.3, -0.25) is 9.69 Å². The summed E-state index contributed by atoms with van der Waals surface area (Å²) in [7, 11) is -0.118. The predicted octanol–water partition coefficient (Wildman–Crippen LogP) is 6.29. The second-order valence-electron chi connectivity index (χ2n) is 15.2. The molecule has 1 amide bonds. The standard InChI is InChI=1S/C39H56ClN3O7S/c1-26-8-7-10-35(39-49-24-33(25-50-39)42(3)18-19-47-4)34-15-12-30(34)22-43-17-6-5-9-28-20-32(40)14-11-31(28)23-48-37-16-13-29(21-36(37)43)38(44)41-51(45,46)27(26)2/h11,13-14,16,20-21,26-27,30,33-35,39H,5-10,12,15,17-19,22-25H2,1-4H3,(H,41,44)/t26-,27+,30-,33?,34+,35-,39?/m0/s1. The molecule has 0 unspecified atom stereocenters. The Balaban J connectivity index is 1.31. The van der Waals surface area contributed by atoms with Crippen LogP contribution in [0, 0.1) is 23.7 Å². The molecule has 4 aliphatic rings. The van der Waals surface area contributed by atoms with Crippen LogP contribution in [0.4, 0.5) is 5.69 Å². The van der Waals surface area contributed by atoms with Crippen molar-refractivity contribution in [2.75, 3.05) is 58.5 Å². The highest BCUT2D eigenvalue weighted by molar-refractivity contribution is 7.90. The Labute approximate surface area is 309 Å². The Bertz CT molecular complexity index is 1600. The molecule has 12 heteroatoms. The number of likely N-dealkylation sites (N-methyl/N-ethyl adjacent to an activating group) is 1. The number of anilines is 1. The number of nitrogens with one attached hydrogen (secondary N) is 1. The van der Waals surface area contributed by atoms with Gasteiger partial charge in [0.15, 0.2) is 6.29 Å². The van der Waals surface area contributed by atoms with Crippen molar-refractivity contribution < 1.29 is 32.2 Å². The lowest BCUT2D eigenvalue weighted by Gasteiger charge is -2.48. The minimum atomic E-state index is -3.92. The van der Waals surface area contributed by atoms with Gasteiger partial charge in [0.05, 0.1) is 36.8 Å². The van der Waals surface area contributed by atoms with E-state index in [2.05, 4.69) is 21.6 Å². The summed E-state index contributed by atoms with van der Waals surface area (Å²) in [6.07, 6.45) is 7.22. The zero-order valence-corrected chi connectivity index (χ0v) is 32.2. The summed E-state index contributed by atoms with van der Waals surface area (Å²) < 4.78 is 54.3. The first kappa shape index (κ1) is 38.3. The number of hydrogen-bond donors (Lipinski definition) is 1. The molecule has 1 saturated carbocycles. The molecule has 0 aromatic heterocycles. The molecule has 282 valence electrons. The lowest BCUT2D eigenvalue weighted by molar-refractivity contribution is -0.242. The number of nitrogens with zero attached hydrogens (tertiary/aromatic N) is 2. The van der Waals surface area contributed by atoms with Crippen molar-refractivity contribution in [3.63, 3.8) is 0 Å². The predicted molar refractivity (Wildman–Crippen MR) is 200 cm³/mol. The number of amides is 1. The molecule has 10 nitrogen and oxygen atoms in total. The van der Waals surface area contributed by atoms with Crippen LogP contribution in [-0.4, -0.2) is 90.4 Å². The van der Waals surface area contributed by atoms with E-state index in [1.54, 1.807) is 20.1 Å². The third-order valence-corrected chi connectivity index (χ3v) is 14.1. The molecule has 2 aromatic rings. The summed E-state index contributed by atoms with van der Waals surface area (Å²) >= 11 is 6.39. The second kappa shape index (κ2) is 17.2. The number of carbonyl (C=O) groups excluding carboxylic acids is 1. The quantitative estimate of drug-likeness (QED) is 0.378. The van der Waals surface area contributed by atoms with Gasteiger partial charge < -0.3 is 23.8 Å². The van der Waals surface area contributed by atoms with Gasteiger partial charge in [-0.2, -0.15) is 0 Å². The normalized spacial score (nSPS) is 30.5. The molecule has 0 spiro atoms. The van der Waals surface area contributed by atoms with Crippen molar-refractivity contribution in [1.82, 2.24) is 9.62 Å². The molecule has 0 radical (unpaired) electrons. The van der Waals surface area contributed by atoms with Crippen molar-refractivity contribution in [2.24, 2.45) is 23.7 Å². The SMILES string of the molecule is COCCN(C)C1COC([C@H]2CCC[C@H](C)[C@@H](C)S(=O)(=O)NC(=O)c3ccc4c(c3)N(CCCCc3cc(Cl)ccc3CO4)C[C@@H]3CC[C@H]32)OC1. The van der Waals surface area contributed by atoms with Crippen LogP contribution in [-0.2, 0) is 37.3 Å². The highest BCUT2D eigenvalue weighted by Crippen LogP contribution is 2.46. The van der Waals surface area contributed by atoms with E-state index in [9.17, 15) is 13.2 Å². The van der Waals surface area contributed by atoms with Crippen LogP contribution in [0.5, 0.6) is 5.75 Å². The lowest BCUT2D eigenvalue weighted by Crippen LogP contribution is -2.51. The Hall–Kier alpha value is -2.41. The van der Waals surface area contributed by atoms with E-state index in [1.807, 2.05) is 37.3 Å². The number of sulfonamides is 1. The van der Waals surface area contributed by atoms with Crippen molar-refractivity contribution in [2.45, 2.75) is 89.4 Å². The Kier molecular flexibility index (Phi) is 12.9. The number of methoxy groups -OCH3 is 1. The Morgan fingerprint density at radius 2 is 1.78 bits per heavy atom. The number of rotatable bonds is 5. The highest BCUT2D eigenvalue weighted by atomic mass is 35.5. The monoisotopic (exact) mass is 745 g/mol. The van der Waals surface area contributed by atoms with Gasteiger partial charge in [0, 0.05) is 43.2 Å². The van der Waals surface area contributed by atoms with Crippen LogP contribution in [0.2, 0.25) is 5.02 Å². The molecular weight excluding hydrogens is 690 g/mol. The third kappa shape index (κ3) is 9.22. The largest absolute Gasteiger partial charge is 0.487 e. The van der Waals surface area contributed by atoms with Crippen LogP contribution >= 0.6 is 11.6 Å². The summed E-state index contributed by atoms with van der Waals surface area (Å²) in [5.74, 6) is 0.948. The van der Waals surface area contributed by atoms with Gasteiger partial charge in [0.2, 0.25) is 10.0 Å². The minimum absolute atomic E-state index is 0.137. The van der Waals surface area contributed by atoms with Crippen LogP contribution in [0.1, 0.15) is 80.3 Å². The van der Waals surface area contributed by atoms with Gasteiger partial charge >= 0.3 is 0 Å². The topological polar surface area (TPSA) is 107 Å². The molecule has 5 atom stereocenters. The first-order chi connectivity index (χ1) is 24.5. The fourth-order valence-corrected chi connectivity index (χ4v) is 9.73. The summed E-state index contributed by atoms with van der Waals surface area (Å²) in [5, 5.41) is -0.0161. The fourth-order valence-electron chi connectivity index (χ4n) is 8.22. The smallest absolute Gasteiger partial charge is 0.264 e. The molecule has 1 saturated heterocycles. The average molecular weight is 746 g/mol. The van der Waals surface area contributed by atoms with E-state index in [0.717, 1.165) is 82.3 Å². The number of fused-ring (bicyclic) bond motifs is 3. The van der Waals surface area contributed by atoms with Crippen molar-refractivity contribution in [1.29, 1.82) is 0 Å². The molecule has 51 heavy (non-hydrogen) atoms. The molecule has 6 rings (SSSR count). The maximum Gasteiger partial charge on any atom is 0.264 e. The third-order valence-electron chi connectivity index (χ3n) is 12.0. The Morgan fingerprint density at radius 3 is 2.53 bits per heavy atom. The molecule has 3 aliphatic heterocycles. The number of aryl methyl sites for hydroxylation is 1. The van der Waals surface area contributed by atoms with Crippen LogP contribution in [0.25, 0.3) is 0 Å². The first-order valence-corrected chi connectivity index (χ1v) is 20.7. The van der Waals surface area contributed by atoms with Crippen LogP contribution in [0.15, 0.2) is 36.4 Å². The number of hydrogen-bond acceptors (Lipinski definition) is 9. The first-order valence-electron chi connectivity index (χ1n) is 18.8. The number of halogens is 1. The molecular formula is C39H56ClN3O7S. The van der Waals surface area contributed by atoms with E-state index < -0.39 is 21.2 Å². The van der Waals surface area contributed by atoms with Gasteiger partial charge in [-0.15, -0.1) is 0 Å². The highest BCUT2D eigenvalue weighted by Gasteiger charge is 2.44. The van der Waals surface area contributed by atoms with Gasteiger partial charge in [-0.05, 0) is 118 Å². The van der Waals surface area contributed by atoms with E-state index >= 15 is 0 Å². The number of ether oxygens (including phenoxy) is 4. The van der Waals surface area contributed by atoms with Crippen molar-refractivity contribution in [3.05, 3.63) is 58.1 Å². The van der Waals surface area contributed by atoms with Gasteiger partial charge in [0.1, 0.15) is 12.4 Å². The summed E-state index contributed by atoms with van der Waals surface area (Å²) in [4.78, 5) is 18.2. The van der Waals surface area contributed by atoms with E-state index in [4.69, 9.17) is 30.5 Å². The van der Waals surface area contributed by atoms with Crippen molar-refractivity contribution in [3.8, 4) is 5.75 Å². The summed E-state index contributed by atoms with van der Waals surface area (Å²) in [6, 6.07) is 11.4. The molecule has 1 N–H and O–H groups in total. The van der Waals surface area contributed by atoms with Gasteiger partial charge in [0.25, 0.3) is 5.91 Å². The van der Waals surface area contributed by atoms with Gasteiger partial charge in [-0.25, -0.2) is 13.1 Å². The second-order valence-corrected chi connectivity index (χ2v) is 17.7. The van der Waals surface area contributed by atoms with E-state index in [-0.39, 0.29) is 24.2 Å². The van der Waals surface area contributed by atoms with Crippen LogP contribution in [0.3, 0.4) is 0 Å². The summed E-state index contributed by atoms with van der Waals surface area (Å²) in [5.41, 5.74) is 3.40. The maximum absolute atomic E-state index is 13.6. The van der Waals surface area contributed by atoms with Crippen LogP contribution < -0.4 is 14.4 Å². The Morgan fingerprint density at radius 1 is 0.980 bits per heavy atom. The zero-order valence-electron chi connectivity index (χ0n) is 30.7. The molecule has 3 heterocycles. The molecule has 1 aliphatic carbocycles. The molecule has 2 bridgehead atoms. The number of benzene rings is 2. The molecule has 2 fully saturated rings. The fraction of sp³-hybridized carbons (Fsp3) is 0.667. The van der Waals surface area contributed by atoms with Gasteiger partial charge in [-0.1, -0.05) is 31.0 Å². The zero-order chi connectivity index (χ0) is 36.1. The lowest BCUT2D eigenvalue weighted by atomic mass is 9.65. The number of carbonyl (C=O) groups is 1. The van der Waals surface area contributed by atoms with E-state index in [1.165, 1.54) is 5.56 Å². The van der Waals surface area contributed by atoms with Crippen molar-refractivity contribution >= 4 is 33.2 Å². The molecule has 2 aromatic carbocycles. The average Bonchev–Trinajstić information content (AvgIpc) is 3.14. The maximum atomic E-state index is 13.6. The minimum Gasteiger partial charge on any atom is -0.487 e.